The maximum atomic E-state index is 12.6. The number of piperidine rings is 1. The first-order chi connectivity index (χ1) is 11.2. The molecule has 0 spiro atoms. The Kier molecular flexibility index (Phi) is 4.02. The number of rotatable bonds is 2. The molecule has 1 fully saturated rings. The standard InChI is InChI=1S/C14H10BrF3N2O4/c15-7-1-3-9(24-14(16,17)18)6-5-20(13(23)11(6)7)8-2-4-10(21)19-12(8)22/h1,3,8H,2,4-5H2,(H,19,21,22). The molecule has 2 aliphatic heterocycles. The summed E-state index contributed by atoms with van der Waals surface area (Å²) in [6.07, 6.45) is -4.71. The molecule has 3 amide bonds. The van der Waals surface area contributed by atoms with Crippen LogP contribution in [-0.4, -0.2) is 35.0 Å². The zero-order valence-electron chi connectivity index (χ0n) is 11.9. The number of carbonyl (C=O) groups excluding carboxylic acids is 3. The van der Waals surface area contributed by atoms with E-state index in [1.807, 2.05) is 0 Å². The van der Waals surface area contributed by atoms with Gasteiger partial charge in [-0.2, -0.15) is 0 Å². The molecule has 128 valence electrons. The van der Waals surface area contributed by atoms with Gasteiger partial charge in [-0.25, -0.2) is 0 Å². The van der Waals surface area contributed by atoms with Crippen LogP contribution in [0.1, 0.15) is 28.8 Å². The summed E-state index contributed by atoms with van der Waals surface area (Å²) in [5, 5.41) is 2.13. The summed E-state index contributed by atoms with van der Waals surface area (Å²) in [4.78, 5) is 36.9. The summed E-state index contributed by atoms with van der Waals surface area (Å²) in [5.74, 6) is -2.15. The minimum Gasteiger partial charge on any atom is -0.405 e. The summed E-state index contributed by atoms with van der Waals surface area (Å²) in [5.41, 5.74) is 0.0813. The van der Waals surface area contributed by atoms with Crippen molar-refractivity contribution >= 4 is 33.7 Å². The number of alkyl halides is 3. The number of benzene rings is 1. The van der Waals surface area contributed by atoms with Crippen LogP contribution in [0.4, 0.5) is 13.2 Å². The monoisotopic (exact) mass is 406 g/mol. The molecule has 6 nitrogen and oxygen atoms in total. The molecule has 0 radical (unpaired) electrons. The summed E-state index contributed by atoms with van der Waals surface area (Å²) >= 11 is 3.14. The quantitative estimate of drug-likeness (QED) is 0.763. The van der Waals surface area contributed by atoms with Gasteiger partial charge in [0.15, 0.2) is 0 Å². The number of carbonyl (C=O) groups is 3. The Labute approximate surface area is 142 Å². The van der Waals surface area contributed by atoms with Gasteiger partial charge in [-0.05, 0) is 34.5 Å². The number of fused-ring (bicyclic) bond motifs is 1. The van der Waals surface area contributed by atoms with Crippen molar-refractivity contribution in [3.8, 4) is 5.75 Å². The van der Waals surface area contributed by atoms with Crippen LogP contribution in [0.15, 0.2) is 16.6 Å². The number of imide groups is 1. The molecule has 1 atom stereocenters. The van der Waals surface area contributed by atoms with Crippen LogP contribution in [0.5, 0.6) is 5.75 Å². The molecule has 2 aliphatic rings. The molecule has 0 aliphatic carbocycles. The summed E-state index contributed by atoms with van der Waals surface area (Å²) in [6, 6.07) is 1.48. The van der Waals surface area contributed by atoms with Gasteiger partial charge in [0, 0.05) is 16.5 Å². The second-order valence-corrected chi connectivity index (χ2v) is 6.20. The Morgan fingerprint density at radius 3 is 2.58 bits per heavy atom. The Morgan fingerprint density at radius 2 is 1.96 bits per heavy atom. The van der Waals surface area contributed by atoms with Crippen LogP contribution in [0.2, 0.25) is 0 Å². The van der Waals surface area contributed by atoms with Crippen LogP contribution < -0.4 is 10.1 Å². The highest BCUT2D eigenvalue weighted by Gasteiger charge is 2.42. The first kappa shape index (κ1) is 16.7. The maximum absolute atomic E-state index is 12.6. The molecule has 1 N–H and O–H groups in total. The van der Waals surface area contributed by atoms with Gasteiger partial charge in [-0.1, -0.05) is 0 Å². The van der Waals surface area contributed by atoms with E-state index < -0.39 is 35.9 Å². The van der Waals surface area contributed by atoms with E-state index in [0.29, 0.717) is 4.47 Å². The number of amides is 3. The minimum absolute atomic E-state index is 0.0291. The van der Waals surface area contributed by atoms with Crippen molar-refractivity contribution in [2.45, 2.75) is 31.8 Å². The topological polar surface area (TPSA) is 75.7 Å². The molecule has 1 aromatic carbocycles. The molecule has 0 bridgehead atoms. The van der Waals surface area contributed by atoms with Crippen molar-refractivity contribution < 1.29 is 32.3 Å². The number of nitrogens with one attached hydrogen (secondary N) is 1. The molecule has 3 rings (SSSR count). The lowest BCUT2D eigenvalue weighted by Gasteiger charge is -2.29. The van der Waals surface area contributed by atoms with Gasteiger partial charge in [-0.3, -0.25) is 19.7 Å². The van der Waals surface area contributed by atoms with E-state index in [1.165, 1.54) is 6.07 Å². The largest absolute Gasteiger partial charge is 0.573 e. The Bertz CT molecular complexity index is 750. The molecule has 24 heavy (non-hydrogen) atoms. The number of hydrogen-bond acceptors (Lipinski definition) is 4. The average Bonchev–Trinajstić information content (AvgIpc) is 2.80. The van der Waals surface area contributed by atoms with E-state index in [9.17, 15) is 27.6 Å². The number of halogens is 4. The van der Waals surface area contributed by atoms with Gasteiger partial charge < -0.3 is 9.64 Å². The smallest absolute Gasteiger partial charge is 0.405 e. The average molecular weight is 407 g/mol. The molecule has 0 aromatic heterocycles. The van der Waals surface area contributed by atoms with Crippen LogP contribution in [0.25, 0.3) is 0 Å². The highest BCUT2D eigenvalue weighted by atomic mass is 79.9. The van der Waals surface area contributed by atoms with Gasteiger partial charge in [0.1, 0.15) is 11.8 Å². The number of nitrogens with zero attached hydrogens (tertiary/aromatic N) is 1. The third kappa shape index (κ3) is 2.97. The lowest BCUT2D eigenvalue weighted by molar-refractivity contribution is -0.275. The third-order valence-electron chi connectivity index (χ3n) is 3.83. The highest BCUT2D eigenvalue weighted by Crippen LogP contribution is 2.39. The Hall–Kier alpha value is -2.10. The highest BCUT2D eigenvalue weighted by molar-refractivity contribution is 9.10. The van der Waals surface area contributed by atoms with Gasteiger partial charge in [0.2, 0.25) is 11.8 Å². The van der Waals surface area contributed by atoms with Crippen molar-refractivity contribution in [3.05, 3.63) is 27.7 Å². The van der Waals surface area contributed by atoms with Gasteiger partial charge >= 0.3 is 6.36 Å². The molecular formula is C14H10BrF3N2O4. The van der Waals surface area contributed by atoms with Crippen molar-refractivity contribution in [2.24, 2.45) is 0 Å². The minimum atomic E-state index is -4.90. The first-order valence-electron chi connectivity index (χ1n) is 6.89. The second-order valence-electron chi connectivity index (χ2n) is 5.35. The summed E-state index contributed by atoms with van der Waals surface area (Å²) in [7, 11) is 0. The van der Waals surface area contributed by atoms with Crippen molar-refractivity contribution in [1.29, 1.82) is 0 Å². The van der Waals surface area contributed by atoms with Crippen molar-refractivity contribution in [2.75, 3.05) is 0 Å². The fourth-order valence-corrected chi connectivity index (χ4v) is 3.37. The fraction of sp³-hybridized carbons (Fsp3) is 0.357. The van der Waals surface area contributed by atoms with Crippen molar-refractivity contribution in [1.82, 2.24) is 10.2 Å². The molecule has 1 aromatic rings. The number of hydrogen-bond donors (Lipinski definition) is 1. The normalized spacial score (nSPS) is 20.9. The van der Waals surface area contributed by atoms with E-state index in [-0.39, 0.29) is 30.5 Å². The predicted molar refractivity (Wildman–Crippen MR) is 76.9 cm³/mol. The fourth-order valence-electron chi connectivity index (χ4n) is 2.83. The summed E-state index contributed by atoms with van der Waals surface area (Å²) < 4.78 is 41.9. The Morgan fingerprint density at radius 1 is 1.25 bits per heavy atom. The number of ether oxygens (including phenoxy) is 1. The van der Waals surface area contributed by atoms with Gasteiger partial charge in [-0.15, -0.1) is 13.2 Å². The maximum Gasteiger partial charge on any atom is 0.573 e. The Balaban J connectivity index is 1.94. The van der Waals surface area contributed by atoms with Crippen molar-refractivity contribution in [3.63, 3.8) is 0 Å². The molecule has 1 saturated heterocycles. The molecule has 1 unspecified atom stereocenters. The van der Waals surface area contributed by atoms with E-state index in [1.54, 1.807) is 0 Å². The van der Waals surface area contributed by atoms with E-state index in [4.69, 9.17) is 0 Å². The van der Waals surface area contributed by atoms with Crippen LogP contribution in [0.3, 0.4) is 0 Å². The molecule has 2 heterocycles. The third-order valence-corrected chi connectivity index (χ3v) is 4.50. The van der Waals surface area contributed by atoms with E-state index in [0.717, 1.165) is 11.0 Å². The second kappa shape index (κ2) is 5.76. The zero-order valence-corrected chi connectivity index (χ0v) is 13.5. The lowest BCUT2D eigenvalue weighted by Crippen LogP contribution is -2.52. The lowest BCUT2D eigenvalue weighted by atomic mass is 10.0. The van der Waals surface area contributed by atoms with E-state index >= 15 is 0 Å². The molecular weight excluding hydrogens is 397 g/mol. The van der Waals surface area contributed by atoms with E-state index in [2.05, 4.69) is 26.0 Å². The zero-order chi connectivity index (χ0) is 17.6. The van der Waals surface area contributed by atoms with Crippen LogP contribution in [-0.2, 0) is 16.1 Å². The van der Waals surface area contributed by atoms with Crippen LogP contribution >= 0.6 is 15.9 Å². The van der Waals surface area contributed by atoms with Gasteiger partial charge in [0.05, 0.1) is 12.1 Å². The molecule has 0 saturated carbocycles. The predicted octanol–water partition coefficient (Wildman–Crippen LogP) is 2.11. The summed E-state index contributed by atoms with van der Waals surface area (Å²) in [6.45, 7) is -0.203. The van der Waals surface area contributed by atoms with Crippen LogP contribution in [0, 0.1) is 0 Å². The first-order valence-corrected chi connectivity index (χ1v) is 7.68. The molecule has 10 heteroatoms. The SMILES string of the molecule is O=C1CCC(N2Cc3c(OC(F)(F)F)ccc(Br)c3C2=O)C(=O)N1. The van der Waals surface area contributed by atoms with Gasteiger partial charge in [0.25, 0.3) is 5.91 Å².